The zero-order chi connectivity index (χ0) is 30.8. The van der Waals surface area contributed by atoms with Crippen LogP contribution in [0.25, 0.3) is 22.5 Å². The minimum absolute atomic E-state index is 0.0697. The minimum atomic E-state index is -0.880. The predicted molar refractivity (Wildman–Crippen MR) is 156 cm³/mol. The minimum Gasteiger partial charge on any atom is -0.444 e. The fraction of sp³-hybridized carbons (Fsp3) is 0.226. The number of hydrogen-bond acceptors (Lipinski definition) is 10. The van der Waals surface area contributed by atoms with E-state index in [9.17, 15) is 14.0 Å². The van der Waals surface area contributed by atoms with Gasteiger partial charge in [0.05, 0.1) is 12.5 Å². The van der Waals surface area contributed by atoms with Crippen LogP contribution in [0.1, 0.15) is 32.1 Å². The van der Waals surface area contributed by atoms with Crippen LogP contribution in [-0.2, 0) is 22.4 Å². The van der Waals surface area contributed by atoms with E-state index in [1.54, 1.807) is 82.0 Å². The smallest absolute Gasteiger partial charge is 0.408 e. The molecule has 4 heterocycles. The number of pyridine rings is 2. The Kier molecular flexibility index (Phi) is 9.94. The number of nitrogens with one attached hydrogen (secondary N) is 1. The highest BCUT2D eigenvalue weighted by Crippen LogP contribution is 2.20. The van der Waals surface area contributed by atoms with E-state index in [0.29, 0.717) is 22.9 Å². The number of nitrogens with two attached hydrogens (primary N) is 1. The molecule has 0 aliphatic carbocycles. The molecule has 0 unspecified atom stereocenters. The van der Waals surface area contributed by atoms with E-state index in [-0.39, 0.29) is 24.4 Å². The number of aromatic nitrogens is 4. The lowest BCUT2D eigenvalue weighted by Gasteiger charge is -2.23. The molecular formula is C31H31FN6O5. The molecule has 222 valence electrons. The Labute approximate surface area is 247 Å². The van der Waals surface area contributed by atoms with Crippen molar-refractivity contribution in [2.45, 2.75) is 45.3 Å². The van der Waals surface area contributed by atoms with Crippen molar-refractivity contribution in [3.05, 3.63) is 103 Å². The van der Waals surface area contributed by atoms with Gasteiger partial charge in [0.15, 0.2) is 5.78 Å². The molecule has 5 aromatic rings. The Morgan fingerprint density at radius 1 is 0.884 bits per heavy atom. The maximum absolute atomic E-state index is 13.2. The number of nitrogen functional groups attached to an aromatic ring is 1. The first-order valence-electron chi connectivity index (χ1n) is 13.3. The molecule has 11 nitrogen and oxygen atoms in total. The summed E-state index contributed by atoms with van der Waals surface area (Å²) in [6.45, 7) is 5.20. The lowest BCUT2D eigenvalue weighted by molar-refractivity contribution is -0.120. The number of carbonyl (C=O) groups excluding carboxylic acids is 2. The van der Waals surface area contributed by atoms with Gasteiger partial charge in [-0.3, -0.25) is 14.8 Å². The summed E-state index contributed by atoms with van der Waals surface area (Å²) < 4.78 is 28.5. The largest absolute Gasteiger partial charge is 0.444 e. The lowest BCUT2D eigenvalue weighted by Crippen LogP contribution is -2.45. The fourth-order valence-corrected chi connectivity index (χ4v) is 3.85. The zero-order valence-electron chi connectivity index (χ0n) is 23.9. The standard InChI is InChI=1S/C23H24FN3O4.C8H7N3O/c1-23(2,3)30-22(29)26-20(12-15-4-6-17(24)7-5-15)21(28)14-18-13-19(27-31-18)16-8-10-25-11-9-16;9-8-5-7(11-12-8)6-1-3-10-4-2-6/h4-11,13,20H,12,14H2,1-3H3,(H,26,29);1-5H,9H2/t20-;/m0./s1. The van der Waals surface area contributed by atoms with Crippen molar-refractivity contribution in [2.75, 3.05) is 5.73 Å². The summed E-state index contributed by atoms with van der Waals surface area (Å²) in [6, 6.07) is 15.5. The normalized spacial score (nSPS) is 11.6. The highest BCUT2D eigenvalue weighted by molar-refractivity contribution is 5.89. The first kappa shape index (κ1) is 30.6. The molecule has 1 amide bonds. The summed E-state index contributed by atoms with van der Waals surface area (Å²) in [7, 11) is 0. The van der Waals surface area contributed by atoms with Gasteiger partial charge in [-0.05, 0) is 69.2 Å². The predicted octanol–water partition coefficient (Wildman–Crippen LogP) is 5.44. The van der Waals surface area contributed by atoms with Crippen LogP contribution in [0, 0.1) is 5.82 Å². The third-order valence-electron chi connectivity index (χ3n) is 5.82. The van der Waals surface area contributed by atoms with Crippen LogP contribution >= 0.6 is 0 Å². The number of halogens is 1. The van der Waals surface area contributed by atoms with Crippen LogP contribution in [-0.4, -0.2) is 43.8 Å². The molecular weight excluding hydrogens is 555 g/mol. The topological polar surface area (TPSA) is 159 Å². The first-order chi connectivity index (χ1) is 20.6. The molecule has 0 saturated heterocycles. The van der Waals surface area contributed by atoms with Crippen molar-refractivity contribution < 1.29 is 27.8 Å². The number of amides is 1. The molecule has 1 aromatic carbocycles. The van der Waals surface area contributed by atoms with Crippen molar-refractivity contribution in [2.24, 2.45) is 0 Å². The number of Topliss-reactive ketones (excluding diaryl/α,β-unsaturated/α-hetero) is 1. The number of hydrogen-bond donors (Lipinski definition) is 2. The molecule has 3 N–H and O–H groups in total. The van der Waals surface area contributed by atoms with Gasteiger partial charge in [-0.15, -0.1) is 0 Å². The van der Waals surface area contributed by atoms with Crippen molar-refractivity contribution in [3.8, 4) is 22.5 Å². The molecule has 0 aliphatic heterocycles. The zero-order valence-corrected chi connectivity index (χ0v) is 23.9. The van der Waals surface area contributed by atoms with Gasteiger partial charge < -0.3 is 24.8 Å². The summed E-state index contributed by atoms with van der Waals surface area (Å²) in [5.41, 5.74) is 8.44. The summed E-state index contributed by atoms with van der Waals surface area (Å²) in [4.78, 5) is 33.1. The van der Waals surface area contributed by atoms with Crippen LogP contribution in [0.3, 0.4) is 0 Å². The molecule has 43 heavy (non-hydrogen) atoms. The van der Waals surface area contributed by atoms with Crippen LogP contribution in [0.5, 0.6) is 0 Å². The van der Waals surface area contributed by atoms with Gasteiger partial charge in [-0.25, -0.2) is 9.18 Å². The highest BCUT2D eigenvalue weighted by atomic mass is 19.1. The second-order valence-electron chi connectivity index (χ2n) is 10.4. The van der Waals surface area contributed by atoms with Crippen LogP contribution in [0.2, 0.25) is 0 Å². The highest BCUT2D eigenvalue weighted by Gasteiger charge is 2.26. The molecule has 1 atom stereocenters. The Bertz CT molecular complexity index is 1620. The van der Waals surface area contributed by atoms with Crippen molar-refractivity contribution in [1.82, 2.24) is 25.6 Å². The van der Waals surface area contributed by atoms with Gasteiger partial charge in [-0.2, -0.15) is 0 Å². The Balaban J connectivity index is 0.000000292. The summed E-state index contributed by atoms with van der Waals surface area (Å²) in [6.07, 6.45) is 6.07. The third-order valence-corrected chi connectivity index (χ3v) is 5.82. The van der Waals surface area contributed by atoms with Gasteiger partial charge >= 0.3 is 6.09 Å². The second-order valence-corrected chi connectivity index (χ2v) is 10.4. The van der Waals surface area contributed by atoms with Crippen molar-refractivity contribution in [3.63, 3.8) is 0 Å². The average Bonchev–Trinajstić information content (AvgIpc) is 3.63. The summed E-state index contributed by atoms with van der Waals surface area (Å²) in [5.74, 6) is 0.0263. The van der Waals surface area contributed by atoms with E-state index in [1.165, 1.54) is 12.1 Å². The van der Waals surface area contributed by atoms with E-state index in [2.05, 4.69) is 25.6 Å². The number of nitrogens with zero attached hydrogens (tertiary/aromatic N) is 4. The van der Waals surface area contributed by atoms with E-state index >= 15 is 0 Å². The number of rotatable bonds is 8. The SMILES string of the molecule is CC(C)(C)OC(=O)N[C@@H](Cc1ccc(F)cc1)C(=O)Cc1cc(-c2ccncc2)no1.Nc1cc(-c2ccncc2)no1. The van der Waals surface area contributed by atoms with Crippen molar-refractivity contribution >= 4 is 17.8 Å². The molecule has 0 spiro atoms. The van der Waals surface area contributed by atoms with Crippen LogP contribution < -0.4 is 11.1 Å². The monoisotopic (exact) mass is 586 g/mol. The quantitative estimate of drug-likeness (QED) is 0.240. The molecule has 0 radical (unpaired) electrons. The maximum Gasteiger partial charge on any atom is 0.408 e. The van der Waals surface area contributed by atoms with Gasteiger partial charge in [0, 0.05) is 48.0 Å². The Hall–Kier alpha value is -5.39. The number of ether oxygens (including phenoxy) is 1. The van der Waals surface area contributed by atoms with E-state index in [1.807, 2.05) is 12.1 Å². The van der Waals surface area contributed by atoms with Crippen molar-refractivity contribution in [1.29, 1.82) is 0 Å². The first-order valence-corrected chi connectivity index (χ1v) is 13.3. The number of anilines is 1. The van der Waals surface area contributed by atoms with E-state index in [0.717, 1.165) is 16.8 Å². The number of benzene rings is 1. The van der Waals surface area contributed by atoms with Crippen LogP contribution in [0.4, 0.5) is 15.1 Å². The van der Waals surface area contributed by atoms with E-state index < -0.39 is 17.7 Å². The molecule has 0 saturated carbocycles. The molecule has 4 aromatic heterocycles. The summed E-state index contributed by atoms with van der Waals surface area (Å²) >= 11 is 0. The van der Waals surface area contributed by atoms with Crippen LogP contribution in [0.15, 0.2) is 94.5 Å². The van der Waals surface area contributed by atoms with Gasteiger partial charge in [0.25, 0.3) is 0 Å². The Morgan fingerprint density at radius 3 is 1.98 bits per heavy atom. The number of carbonyl (C=O) groups is 2. The van der Waals surface area contributed by atoms with Gasteiger partial charge in [-0.1, -0.05) is 22.4 Å². The van der Waals surface area contributed by atoms with Gasteiger partial charge in [0.2, 0.25) is 5.88 Å². The fourth-order valence-electron chi connectivity index (χ4n) is 3.85. The average molecular weight is 587 g/mol. The summed E-state index contributed by atoms with van der Waals surface area (Å²) in [5, 5.41) is 10.4. The molecule has 0 fully saturated rings. The number of alkyl carbamates (subject to hydrolysis) is 1. The van der Waals surface area contributed by atoms with Gasteiger partial charge in [0.1, 0.15) is 28.6 Å². The maximum atomic E-state index is 13.2. The lowest BCUT2D eigenvalue weighted by atomic mass is 9.99. The molecule has 5 rings (SSSR count). The third kappa shape index (κ3) is 9.59. The van der Waals surface area contributed by atoms with E-state index in [4.69, 9.17) is 19.5 Å². The molecule has 0 aliphatic rings. The molecule has 12 heteroatoms. The Morgan fingerprint density at radius 2 is 1.44 bits per heavy atom. The molecule has 0 bridgehead atoms. The number of ketones is 1. The second kappa shape index (κ2) is 14.0.